The van der Waals surface area contributed by atoms with Gasteiger partial charge in [0.25, 0.3) is 5.91 Å². The fraction of sp³-hybridized carbons (Fsp3) is 0.250. The smallest absolute Gasteiger partial charge is 0.251 e. The predicted octanol–water partition coefficient (Wildman–Crippen LogP) is 3.19. The number of hydrogen-bond donors (Lipinski definition) is 1. The van der Waals surface area contributed by atoms with E-state index in [9.17, 15) is 4.79 Å². The molecule has 0 spiro atoms. The van der Waals surface area contributed by atoms with Gasteiger partial charge in [-0.2, -0.15) is 0 Å². The van der Waals surface area contributed by atoms with Crippen LogP contribution in [0, 0.1) is 13.8 Å². The molecule has 1 aromatic carbocycles. The molecule has 2 aromatic rings. The molecule has 1 N–H and O–H groups in total. The van der Waals surface area contributed by atoms with Gasteiger partial charge in [-0.15, -0.1) is 0 Å². The summed E-state index contributed by atoms with van der Waals surface area (Å²) in [6, 6.07) is 9.52. The van der Waals surface area contributed by atoms with E-state index in [0.29, 0.717) is 5.56 Å². The van der Waals surface area contributed by atoms with Gasteiger partial charge in [0.05, 0.1) is 6.04 Å². The standard InChI is InChI=1S/C16H18N2O/c1-11-6-7-14(9-12(11)2)16(19)18-13(3)15-5-4-8-17-10-15/h4-10,13H,1-3H3,(H,18,19). The van der Waals surface area contributed by atoms with Crippen molar-refractivity contribution in [2.24, 2.45) is 0 Å². The molecular weight excluding hydrogens is 236 g/mol. The molecule has 1 amide bonds. The van der Waals surface area contributed by atoms with Crippen LogP contribution in [0.2, 0.25) is 0 Å². The van der Waals surface area contributed by atoms with Crippen LogP contribution in [0.15, 0.2) is 42.7 Å². The lowest BCUT2D eigenvalue weighted by Gasteiger charge is -2.14. The molecule has 0 aliphatic carbocycles. The number of benzene rings is 1. The minimum Gasteiger partial charge on any atom is -0.345 e. The Morgan fingerprint density at radius 2 is 2.00 bits per heavy atom. The van der Waals surface area contributed by atoms with Gasteiger partial charge in [0.2, 0.25) is 0 Å². The Bertz CT molecular complexity index is 579. The molecule has 1 heterocycles. The Morgan fingerprint density at radius 3 is 2.63 bits per heavy atom. The van der Waals surface area contributed by atoms with Crippen LogP contribution in [-0.4, -0.2) is 10.9 Å². The van der Waals surface area contributed by atoms with Crippen molar-refractivity contribution in [1.82, 2.24) is 10.3 Å². The number of nitrogens with one attached hydrogen (secondary N) is 1. The third kappa shape index (κ3) is 3.19. The van der Waals surface area contributed by atoms with Crippen LogP contribution in [0.3, 0.4) is 0 Å². The summed E-state index contributed by atoms with van der Waals surface area (Å²) in [6.45, 7) is 6.00. The first-order chi connectivity index (χ1) is 9.08. The van der Waals surface area contributed by atoms with E-state index in [2.05, 4.69) is 10.3 Å². The minimum atomic E-state index is -0.0561. The van der Waals surface area contributed by atoms with Gasteiger partial charge in [-0.3, -0.25) is 9.78 Å². The first-order valence-electron chi connectivity index (χ1n) is 6.36. The number of aromatic nitrogens is 1. The number of aryl methyl sites for hydroxylation is 2. The lowest BCUT2D eigenvalue weighted by Crippen LogP contribution is -2.26. The van der Waals surface area contributed by atoms with Crippen molar-refractivity contribution < 1.29 is 4.79 Å². The molecule has 0 saturated carbocycles. The number of rotatable bonds is 3. The van der Waals surface area contributed by atoms with E-state index in [1.807, 2.05) is 51.1 Å². The van der Waals surface area contributed by atoms with E-state index >= 15 is 0 Å². The zero-order valence-electron chi connectivity index (χ0n) is 11.5. The second kappa shape index (κ2) is 5.65. The summed E-state index contributed by atoms with van der Waals surface area (Å²) in [7, 11) is 0. The van der Waals surface area contributed by atoms with Crippen molar-refractivity contribution in [3.63, 3.8) is 0 Å². The van der Waals surface area contributed by atoms with Crippen molar-refractivity contribution >= 4 is 5.91 Å². The van der Waals surface area contributed by atoms with Crippen LogP contribution in [0.1, 0.15) is 40.0 Å². The van der Waals surface area contributed by atoms with Gasteiger partial charge < -0.3 is 5.32 Å². The van der Waals surface area contributed by atoms with E-state index < -0.39 is 0 Å². The maximum Gasteiger partial charge on any atom is 0.251 e. The van der Waals surface area contributed by atoms with E-state index in [0.717, 1.165) is 11.1 Å². The number of nitrogens with zero attached hydrogens (tertiary/aromatic N) is 1. The first kappa shape index (κ1) is 13.3. The summed E-state index contributed by atoms with van der Waals surface area (Å²) >= 11 is 0. The molecule has 19 heavy (non-hydrogen) atoms. The molecule has 1 aromatic heterocycles. The zero-order chi connectivity index (χ0) is 13.8. The highest BCUT2D eigenvalue weighted by atomic mass is 16.1. The molecule has 1 unspecified atom stereocenters. The largest absolute Gasteiger partial charge is 0.345 e. The third-order valence-electron chi connectivity index (χ3n) is 3.30. The average molecular weight is 254 g/mol. The first-order valence-corrected chi connectivity index (χ1v) is 6.36. The van der Waals surface area contributed by atoms with E-state index in [1.54, 1.807) is 12.4 Å². The van der Waals surface area contributed by atoms with Crippen LogP contribution >= 0.6 is 0 Å². The SMILES string of the molecule is Cc1ccc(C(=O)NC(C)c2cccnc2)cc1C. The quantitative estimate of drug-likeness (QED) is 0.914. The normalized spacial score (nSPS) is 11.9. The second-order valence-electron chi connectivity index (χ2n) is 4.78. The molecular formula is C16H18N2O. The van der Waals surface area contributed by atoms with Gasteiger partial charge in [-0.05, 0) is 55.7 Å². The molecule has 98 valence electrons. The van der Waals surface area contributed by atoms with Crippen LogP contribution < -0.4 is 5.32 Å². The molecule has 0 saturated heterocycles. The Morgan fingerprint density at radius 1 is 1.21 bits per heavy atom. The number of carbonyl (C=O) groups excluding carboxylic acids is 1. The second-order valence-corrected chi connectivity index (χ2v) is 4.78. The van der Waals surface area contributed by atoms with Gasteiger partial charge in [0, 0.05) is 18.0 Å². The van der Waals surface area contributed by atoms with Crippen molar-refractivity contribution in [3.8, 4) is 0 Å². The van der Waals surface area contributed by atoms with Gasteiger partial charge in [-0.25, -0.2) is 0 Å². The van der Waals surface area contributed by atoms with Crippen LogP contribution in [0.5, 0.6) is 0 Å². The van der Waals surface area contributed by atoms with Crippen molar-refractivity contribution in [3.05, 3.63) is 65.0 Å². The summed E-state index contributed by atoms with van der Waals surface area (Å²) in [4.78, 5) is 16.2. The van der Waals surface area contributed by atoms with Gasteiger partial charge in [0.1, 0.15) is 0 Å². The lowest BCUT2D eigenvalue weighted by atomic mass is 10.1. The molecule has 0 radical (unpaired) electrons. The van der Waals surface area contributed by atoms with Crippen LogP contribution in [-0.2, 0) is 0 Å². The average Bonchev–Trinajstić information content (AvgIpc) is 2.42. The Labute approximate surface area is 113 Å². The summed E-state index contributed by atoms with van der Waals surface area (Å²) < 4.78 is 0. The zero-order valence-corrected chi connectivity index (χ0v) is 11.5. The summed E-state index contributed by atoms with van der Waals surface area (Å²) in [6.07, 6.45) is 3.49. The topological polar surface area (TPSA) is 42.0 Å². The highest BCUT2D eigenvalue weighted by Crippen LogP contribution is 2.13. The molecule has 3 nitrogen and oxygen atoms in total. The molecule has 0 bridgehead atoms. The molecule has 0 aliphatic rings. The number of pyridine rings is 1. The van der Waals surface area contributed by atoms with E-state index in [-0.39, 0.29) is 11.9 Å². The third-order valence-corrected chi connectivity index (χ3v) is 3.30. The molecule has 1 atom stereocenters. The van der Waals surface area contributed by atoms with Crippen LogP contribution in [0.4, 0.5) is 0 Å². The number of carbonyl (C=O) groups is 1. The maximum atomic E-state index is 12.2. The van der Waals surface area contributed by atoms with E-state index in [1.165, 1.54) is 5.56 Å². The Hall–Kier alpha value is -2.16. The fourth-order valence-electron chi connectivity index (χ4n) is 1.88. The van der Waals surface area contributed by atoms with Crippen molar-refractivity contribution in [1.29, 1.82) is 0 Å². The summed E-state index contributed by atoms with van der Waals surface area (Å²) in [5.41, 5.74) is 4.01. The molecule has 3 heteroatoms. The predicted molar refractivity (Wildman–Crippen MR) is 76.0 cm³/mol. The lowest BCUT2D eigenvalue weighted by molar-refractivity contribution is 0.0940. The highest BCUT2D eigenvalue weighted by molar-refractivity contribution is 5.94. The Kier molecular flexibility index (Phi) is 3.95. The van der Waals surface area contributed by atoms with Crippen LogP contribution in [0.25, 0.3) is 0 Å². The van der Waals surface area contributed by atoms with Gasteiger partial charge in [0.15, 0.2) is 0 Å². The van der Waals surface area contributed by atoms with E-state index in [4.69, 9.17) is 0 Å². The van der Waals surface area contributed by atoms with Gasteiger partial charge >= 0.3 is 0 Å². The molecule has 0 aliphatic heterocycles. The maximum absolute atomic E-state index is 12.2. The number of hydrogen-bond acceptors (Lipinski definition) is 2. The number of amides is 1. The molecule has 2 rings (SSSR count). The van der Waals surface area contributed by atoms with Crippen molar-refractivity contribution in [2.75, 3.05) is 0 Å². The minimum absolute atomic E-state index is 0.0530. The van der Waals surface area contributed by atoms with Gasteiger partial charge in [-0.1, -0.05) is 12.1 Å². The summed E-state index contributed by atoms with van der Waals surface area (Å²) in [5, 5.41) is 2.98. The monoisotopic (exact) mass is 254 g/mol. The fourth-order valence-corrected chi connectivity index (χ4v) is 1.88. The Balaban J connectivity index is 2.11. The summed E-state index contributed by atoms with van der Waals surface area (Å²) in [5.74, 6) is -0.0561. The molecule has 0 fully saturated rings. The van der Waals surface area contributed by atoms with Crippen molar-refractivity contribution in [2.45, 2.75) is 26.8 Å². The highest BCUT2D eigenvalue weighted by Gasteiger charge is 2.11.